The third kappa shape index (κ3) is 3.33. The molecule has 1 N–H and O–H groups in total. The quantitative estimate of drug-likeness (QED) is 0.866. The van der Waals surface area contributed by atoms with Crippen molar-refractivity contribution in [3.8, 4) is 5.75 Å². The molecule has 2 aromatic carbocycles. The standard InChI is InChI=1S/C15H12F4O2/c1-8-2-7-11(16)12(13(8)17)14(20)9-3-5-10(6-4-9)21-15(18)19/h2-7,14-15,20H,1H3. The van der Waals surface area contributed by atoms with Crippen LogP contribution < -0.4 is 4.74 Å². The van der Waals surface area contributed by atoms with Crippen LogP contribution in [0.1, 0.15) is 22.8 Å². The highest BCUT2D eigenvalue weighted by Gasteiger charge is 2.21. The first-order chi connectivity index (χ1) is 9.90. The maximum absolute atomic E-state index is 13.9. The molecule has 0 radical (unpaired) electrons. The van der Waals surface area contributed by atoms with E-state index >= 15 is 0 Å². The lowest BCUT2D eigenvalue weighted by molar-refractivity contribution is -0.0498. The molecule has 0 saturated carbocycles. The molecule has 0 aliphatic heterocycles. The van der Waals surface area contributed by atoms with Gasteiger partial charge in [-0.2, -0.15) is 8.78 Å². The molecule has 0 aromatic heterocycles. The summed E-state index contributed by atoms with van der Waals surface area (Å²) in [5.74, 6) is -1.82. The Morgan fingerprint density at radius 1 is 1.00 bits per heavy atom. The van der Waals surface area contributed by atoms with Gasteiger partial charge < -0.3 is 9.84 Å². The summed E-state index contributed by atoms with van der Waals surface area (Å²) in [6, 6.07) is 7.24. The predicted octanol–water partition coefficient (Wildman–Crippen LogP) is 3.96. The van der Waals surface area contributed by atoms with E-state index in [4.69, 9.17) is 0 Å². The van der Waals surface area contributed by atoms with E-state index in [9.17, 15) is 22.7 Å². The maximum atomic E-state index is 13.9. The predicted molar refractivity (Wildman–Crippen MR) is 68.2 cm³/mol. The first kappa shape index (κ1) is 15.3. The Bertz CT molecular complexity index is 626. The second-order valence-corrected chi connectivity index (χ2v) is 4.44. The molecule has 0 saturated heterocycles. The number of hydrogen-bond acceptors (Lipinski definition) is 2. The molecule has 6 heteroatoms. The maximum Gasteiger partial charge on any atom is 0.387 e. The second kappa shape index (κ2) is 6.13. The second-order valence-electron chi connectivity index (χ2n) is 4.44. The van der Waals surface area contributed by atoms with E-state index < -0.39 is 29.9 Å². The van der Waals surface area contributed by atoms with Gasteiger partial charge in [-0.25, -0.2) is 8.78 Å². The van der Waals surface area contributed by atoms with Gasteiger partial charge in [-0.3, -0.25) is 0 Å². The Morgan fingerprint density at radius 2 is 1.62 bits per heavy atom. The van der Waals surface area contributed by atoms with Crippen LogP contribution >= 0.6 is 0 Å². The first-order valence-corrected chi connectivity index (χ1v) is 6.07. The minimum atomic E-state index is -2.97. The van der Waals surface area contributed by atoms with Crippen molar-refractivity contribution in [3.05, 3.63) is 64.7 Å². The van der Waals surface area contributed by atoms with Crippen molar-refractivity contribution in [2.45, 2.75) is 19.6 Å². The summed E-state index contributed by atoms with van der Waals surface area (Å²) in [5, 5.41) is 10.1. The summed E-state index contributed by atoms with van der Waals surface area (Å²) < 4.78 is 55.8. The van der Waals surface area contributed by atoms with E-state index in [1.165, 1.54) is 37.3 Å². The highest BCUT2D eigenvalue weighted by molar-refractivity contribution is 5.37. The van der Waals surface area contributed by atoms with Crippen LogP contribution in [-0.4, -0.2) is 11.7 Å². The number of alkyl halides is 2. The van der Waals surface area contributed by atoms with Crippen molar-refractivity contribution < 1.29 is 27.4 Å². The average Bonchev–Trinajstić information content (AvgIpc) is 2.43. The van der Waals surface area contributed by atoms with Crippen molar-refractivity contribution >= 4 is 0 Å². The van der Waals surface area contributed by atoms with Crippen LogP contribution in [0.2, 0.25) is 0 Å². The number of aliphatic hydroxyl groups is 1. The molecule has 0 heterocycles. The molecular weight excluding hydrogens is 288 g/mol. The van der Waals surface area contributed by atoms with Crippen LogP contribution in [-0.2, 0) is 0 Å². The van der Waals surface area contributed by atoms with Crippen molar-refractivity contribution in [1.82, 2.24) is 0 Å². The van der Waals surface area contributed by atoms with E-state index in [-0.39, 0.29) is 16.9 Å². The Hall–Kier alpha value is -2.08. The topological polar surface area (TPSA) is 29.5 Å². The Balaban J connectivity index is 2.32. The van der Waals surface area contributed by atoms with Crippen molar-refractivity contribution in [2.75, 3.05) is 0 Å². The van der Waals surface area contributed by atoms with Gasteiger partial charge in [0.15, 0.2) is 0 Å². The third-order valence-corrected chi connectivity index (χ3v) is 3.01. The van der Waals surface area contributed by atoms with Crippen LogP contribution in [0, 0.1) is 18.6 Å². The summed E-state index contributed by atoms with van der Waals surface area (Å²) in [6.45, 7) is -1.52. The summed E-state index contributed by atoms with van der Waals surface area (Å²) >= 11 is 0. The van der Waals surface area contributed by atoms with Crippen LogP contribution in [0.25, 0.3) is 0 Å². The molecule has 0 aliphatic carbocycles. The zero-order valence-corrected chi connectivity index (χ0v) is 11.0. The zero-order chi connectivity index (χ0) is 15.6. The summed E-state index contributed by atoms with van der Waals surface area (Å²) in [7, 11) is 0. The number of hydrogen-bond donors (Lipinski definition) is 1. The number of rotatable bonds is 4. The minimum absolute atomic E-state index is 0.105. The minimum Gasteiger partial charge on any atom is -0.435 e. The SMILES string of the molecule is Cc1ccc(F)c(C(O)c2ccc(OC(F)F)cc2)c1F. The van der Waals surface area contributed by atoms with Gasteiger partial charge in [0.25, 0.3) is 0 Å². The van der Waals surface area contributed by atoms with Gasteiger partial charge in [0.2, 0.25) is 0 Å². The van der Waals surface area contributed by atoms with Crippen molar-refractivity contribution in [1.29, 1.82) is 0 Å². The van der Waals surface area contributed by atoms with Gasteiger partial charge in [0.05, 0.1) is 5.56 Å². The molecule has 0 aliphatic rings. The highest BCUT2D eigenvalue weighted by Crippen LogP contribution is 2.29. The van der Waals surface area contributed by atoms with Crippen LogP contribution in [0.15, 0.2) is 36.4 Å². The Labute approximate surface area is 118 Å². The van der Waals surface area contributed by atoms with E-state index in [0.717, 1.165) is 6.07 Å². The van der Waals surface area contributed by atoms with Crippen molar-refractivity contribution in [3.63, 3.8) is 0 Å². The van der Waals surface area contributed by atoms with Crippen LogP contribution in [0.4, 0.5) is 17.6 Å². The Kier molecular flexibility index (Phi) is 4.47. The fraction of sp³-hybridized carbons (Fsp3) is 0.200. The average molecular weight is 300 g/mol. The van der Waals surface area contributed by atoms with E-state index in [0.29, 0.717) is 0 Å². The number of halogens is 4. The molecule has 2 rings (SSSR count). The molecule has 0 fully saturated rings. The number of aliphatic hydroxyl groups excluding tert-OH is 1. The molecule has 2 aromatic rings. The molecule has 1 atom stereocenters. The largest absolute Gasteiger partial charge is 0.435 e. The highest BCUT2D eigenvalue weighted by atomic mass is 19.3. The van der Waals surface area contributed by atoms with E-state index in [1.807, 2.05) is 0 Å². The molecule has 0 bridgehead atoms. The van der Waals surface area contributed by atoms with Gasteiger partial charge in [-0.1, -0.05) is 18.2 Å². The molecular formula is C15H12F4O2. The van der Waals surface area contributed by atoms with Crippen molar-refractivity contribution in [2.24, 2.45) is 0 Å². The fourth-order valence-electron chi connectivity index (χ4n) is 1.93. The number of aryl methyl sites for hydroxylation is 1. The van der Waals surface area contributed by atoms with Gasteiger partial charge in [-0.05, 0) is 36.2 Å². The summed E-state index contributed by atoms with van der Waals surface area (Å²) in [5.41, 5.74) is -0.111. The summed E-state index contributed by atoms with van der Waals surface area (Å²) in [4.78, 5) is 0. The molecule has 0 spiro atoms. The van der Waals surface area contributed by atoms with E-state index in [1.54, 1.807) is 0 Å². The molecule has 21 heavy (non-hydrogen) atoms. The number of ether oxygens (including phenoxy) is 1. The molecule has 2 nitrogen and oxygen atoms in total. The lowest BCUT2D eigenvalue weighted by Crippen LogP contribution is -2.07. The monoisotopic (exact) mass is 300 g/mol. The zero-order valence-electron chi connectivity index (χ0n) is 11.0. The smallest absolute Gasteiger partial charge is 0.387 e. The van der Waals surface area contributed by atoms with E-state index in [2.05, 4.69) is 4.74 Å². The van der Waals surface area contributed by atoms with Gasteiger partial charge in [0.1, 0.15) is 23.5 Å². The third-order valence-electron chi connectivity index (χ3n) is 3.01. The number of benzene rings is 2. The first-order valence-electron chi connectivity index (χ1n) is 6.07. The Morgan fingerprint density at radius 3 is 2.19 bits per heavy atom. The molecule has 1 unspecified atom stereocenters. The molecule has 112 valence electrons. The lowest BCUT2D eigenvalue weighted by Gasteiger charge is -2.15. The van der Waals surface area contributed by atoms with Gasteiger partial charge >= 0.3 is 6.61 Å². The lowest BCUT2D eigenvalue weighted by atomic mass is 9.98. The molecule has 0 amide bonds. The summed E-state index contributed by atoms with van der Waals surface area (Å²) in [6.07, 6.45) is -1.54. The van der Waals surface area contributed by atoms with Gasteiger partial charge in [-0.15, -0.1) is 0 Å². The fourth-order valence-corrected chi connectivity index (χ4v) is 1.93. The van der Waals surface area contributed by atoms with Gasteiger partial charge in [0, 0.05) is 0 Å². The van der Waals surface area contributed by atoms with Crippen LogP contribution in [0.5, 0.6) is 5.75 Å². The van der Waals surface area contributed by atoms with Crippen LogP contribution in [0.3, 0.4) is 0 Å². The normalized spacial score (nSPS) is 12.5.